The summed E-state index contributed by atoms with van der Waals surface area (Å²) in [5, 5.41) is 14.6. The van der Waals surface area contributed by atoms with Crippen molar-refractivity contribution in [2.24, 2.45) is 0 Å². The van der Waals surface area contributed by atoms with E-state index in [1.807, 2.05) is 68.6 Å². The Morgan fingerprint density at radius 3 is 2.58 bits per heavy atom. The number of likely N-dealkylation sites (tertiary alicyclic amines) is 1. The van der Waals surface area contributed by atoms with Gasteiger partial charge in [0.15, 0.2) is 0 Å². The quantitative estimate of drug-likeness (QED) is 0.392. The number of hydrogen-bond donors (Lipinski definition) is 0. The molecule has 33 heavy (non-hydrogen) atoms. The highest BCUT2D eigenvalue weighted by atomic mass is 16.5. The Hall–Kier alpha value is -3.85. The second-order valence-electron chi connectivity index (χ2n) is 8.15. The van der Waals surface area contributed by atoms with E-state index in [0.717, 1.165) is 47.4 Å². The fourth-order valence-corrected chi connectivity index (χ4v) is 4.11. The molecule has 2 heterocycles. The maximum absolute atomic E-state index is 13.0. The van der Waals surface area contributed by atoms with Gasteiger partial charge in [-0.15, -0.1) is 0 Å². The van der Waals surface area contributed by atoms with Crippen LogP contribution >= 0.6 is 0 Å². The fourth-order valence-electron chi connectivity index (χ4n) is 4.11. The van der Waals surface area contributed by atoms with Crippen LogP contribution in [-0.2, 0) is 4.79 Å². The first-order valence-corrected chi connectivity index (χ1v) is 11.4. The lowest BCUT2D eigenvalue weighted by atomic mass is 10.0. The summed E-state index contributed by atoms with van der Waals surface area (Å²) in [6, 6.07) is 17.9. The number of carbonyl (C=O) groups is 1. The summed E-state index contributed by atoms with van der Waals surface area (Å²) < 4.78 is 7.47. The third-order valence-corrected chi connectivity index (χ3v) is 5.81. The Balaban J connectivity index is 1.78. The van der Waals surface area contributed by atoms with Crippen molar-refractivity contribution in [2.75, 3.05) is 19.7 Å². The molecule has 6 heteroatoms. The SMILES string of the molecule is CCOc1ccc(-c2nn(-c3ccccc3)cc2C=C(C#N)C(=O)N2CCCCC2)cc1C. The van der Waals surface area contributed by atoms with E-state index in [9.17, 15) is 10.1 Å². The lowest BCUT2D eigenvalue weighted by molar-refractivity contribution is -0.127. The van der Waals surface area contributed by atoms with Crippen molar-refractivity contribution in [1.29, 1.82) is 5.26 Å². The zero-order valence-corrected chi connectivity index (χ0v) is 19.1. The second-order valence-corrected chi connectivity index (χ2v) is 8.15. The Morgan fingerprint density at radius 1 is 1.15 bits per heavy atom. The lowest BCUT2D eigenvalue weighted by Crippen LogP contribution is -2.36. The molecule has 0 spiro atoms. The summed E-state index contributed by atoms with van der Waals surface area (Å²) in [7, 11) is 0. The van der Waals surface area contributed by atoms with Gasteiger partial charge in [-0.1, -0.05) is 18.2 Å². The molecule has 1 amide bonds. The molecule has 0 atom stereocenters. The molecule has 0 radical (unpaired) electrons. The molecule has 2 aromatic carbocycles. The van der Waals surface area contributed by atoms with Gasteiger partial charge in [0.05, 0.1) is 12.3 Å². The zero-order valence-electron chi connectivity index (χ0n) is 19.1. The van der Waals surface area contributed by atoms with Gasteiger partial charge in [-0.3, -0.25) is 4.79 Å². The van der Waals surface area contributed by atoms with Gasteiger partial charge in [-0.05, 0) is 75.1 Å². The predicted octanol–water partition coefficient (Wildman–Crippen LogP) is 5.17. The van der Waals surface area contributed by atoms with Gasteiger partial charge in [0.25, 0.3) is 5.91 Å². The van der Waals surface area contributed by atoms with Crippen LogP contribution < -0.4 is 4.74 Å². The standard InChI is InChI=1S/C27H28N4O2/c1-3-33-25-13-12-21(16-20(25)2)26-23(19-31(29-26)24-10-6-4-7-11-24)17-22(18-28)27(32)30-14-8-5-9-15-30/h4,6-7,10-13,16-17,19H,3,5,8-9,14-15H2,1-2H3. The lowest BCUT2D eigenvalue weighted by Gasteiger charge is -2.26. The van der Waals surface area contributed by atoms with Gasteiger partial charge in [-0.2, -0.15) is 10.4 Å². The second kappa shape index (κ2) is 10.2. The third-order valence-electron chi connectivity index (χ3n) is 5.81. The van der Waals surface area contributed by atoms with Crippen LogP contribution in [0.15, 0.2) is 60.3 Å². The molecule has 1 aliphatic rings. The number of nitrogens with zero attached hydrogens (tertiary/aromatic N) is 4. The van der Waals surface area contributed by atoms with Crippen molar-refractivity contribution in [1.82, 2.24) is 14.7 Å². The van der Waals surface area contributed by atoms with Crippen LogP contribution in [0.1, 0.15) is 37.3 Å². The number of aromatic nitrogens is 2. The van der Waals surface area contributed by atoms with Gasteiger partial charge in [0, 0.05) is 30.4 Å². The summed E-state index contributed by atoms with van der Waals surface area (Å²) in [5.74, 6) is 0.623. The van der Waals surface area contributed by atoms with Gasteiger partial charge in [0.1, 0.15) is 23.1 Å². The van der Waals surface area contributed by atoms with Gasteiger partial charge >= 0.3 is 0 Å². The minimum Gasteiger partial charge on any atom is -0.494 e. The number of carbonyl (C=O) groups excluding carboxylic acids is 1. The monoisotopic (exact) mass is 440 g/mol. The first-order chi connectivity index (χ1) is 16.1. The molecule has 6 nitrogen and oxygen atoms in total. The maximum atomic E-state index is 13.0. The van der Waals surface area contributed by atoms with Crippen molar-refractivity contribution in [3.05, 3.63) is 71.4 Å². The number of nitriles is 1. The van der Waals surface area contributed by atoms with E-state index in [2.05, 4.69) is 6.07 Å². The van der Waals surface area contributed by atoms with Crippen LogP contribution in [0.25, 0.3) is 23.0 Å². The molecule has 1 aromatic heterocycles. The first kappa shape index (κ1) is 22.3. The summed E-state index contributed by atoms with van der Waals surface area (Å²) in [4.78, 5) is 14.8. The zero-order chi connectivity index (χ0) is 23.2. The Bertz CT molecular complexity index is 1200. The number of benzene rings is 2. The van der Waals surface area contributed by atoms with Gasteiger partial charge in [-0.25, -0.2) is 4.68 Å². The third kappa shape index (κ3) is 4.98. The largest absolute Gasteiger partial charge is 0.494 e. The molecular formula is C27H28N4O2. The minimum absolute atomic E-state index is 0.133. The van der Waals surface area contributed by atoms with Gasteiger partial charge in [0.2, 0.25) is 0 Å². The van der Waals surface area contributed by atoms with Crippen LogP contribution in [0.4, 0.5) is 0 Å². The van der Waals surface area contributed by atoms with E-state index >= 15 is 0 Å². The van der Waals surface area contributed by atoms with Gasteiger partial charge < -0.3 is 9.64 Å². The van der Waals surface area contributed by atoms with E-state index in [1.54, 1.807) is 15.7 Å². The van der Waals surface area contributed by atoms with Crippen molar-refractivity contribution in [3.8, 4) is 28.8 Å². The van der Waals surface area contributed by atoms with Crippen LogP contribution in [-0.4, -0.2) is 40.3 Å². The molecule has 0 N–H and O–H groups in total. The maximum Gasteiger partial charge on any atom is 0.264 e. The summed E-state index contributed by atoms with van der Waals surface area (Å²) >= 11 is 0. The van der Waals surface area contributed by atoms with E-state index in [-0.39, 0.29) is 11.5 Å². The van der Waals surface area contributed by atoms with E-state index in [4.69, 9.17) is 9.84 Å². The Labute approximate surface area is 194 Å². The molecule has 1 saturated heterocycles. The molecule has 1 fully saturated rings. The summed E-state index contributed by atoms with van der Waals surface area (Å²) in [6.07, 6.45) is 6.63. The number of ether oxygens (including phenoxy) is 1. The molecule has 0 aliphatic carbocycles. The molecular weight excluding hydrogens is 412 g/mol. The highest BCUT2D eigenvalue weighted by molar-refractivity contribution is 6.02. The number of amides is 1. The molecule has 0 saturated carbocycles. The molecule has 3 aromatic rings. The molecule has 0 bridgehead atoms. The summed E-state index contributed by atoms with van der Waals surface area (Å²) in [6.45, 7) is 5.96. The van der Waals surface area contributed by atoms with Crippen LogP contribution in [0, 0.1) is 18.3 Å². The average Bonchev–Trinajstić information content (AvgIpc) is 3.28. The van der Waals surface area contributed by atoms with E-state index in [0.29, 0.717) is 25.4 Å². The predicted molar refractivity (Wildman–Crippen MR) is 129 cm³/mol. The average molecular weight is 441 g/mol. The van der Waals surface area contributed by atoms with Crippen LogP contribution in [0.3, 0.4) is 0 Å². The highest BCUT2D eigenvalue weighted by Gasteiger charge is 2.22. The fraction of sp³-hybridized carbons (Fsp3) is 0.296. The number of para-hydroxylation sites is 1. The summed E-state index contributed by atoms with van der Waals surface area (Å²) in [5.41, 5.74) is 4.38. The smallest absolute Gasteiger partial charge is 0.264 e. The van der Waals surface area contributed by atoms with Crippen molar-refractivity contribution in [2.45, 2.75) is 33.1 Å². The van der Waals surface area contributed by atoms with Crippen LogP contribution in [0.2, 0.25) is 0 Å². The molecule has 0 unspecified atom stereocenters. The van der Waals surface area contributed by atoms with Crippen LogP contribution in [0.5, 0.6) is 5.75 Å². The number of hydrogen-bond acceptors (Lipinski definition) is 4. The highest BCUT2D eigenvalue weighted by Crippen LogP contribution is 2.30. The van der Waals surface area contributed by atoms with E-state index < -0.39 is 0 Å². The minimum atomic E-state index is -0.210. The number of aryl methyl sites for hydroxylation is 1. The molecule has 1 aliphatic heterocycles. The number of piperidine rings is 1. The molecule has 4 rings (SSSR count). The van der Waals surface area contributed by atoms with E-state index in [1.165, 1.54) is 0 Å². The Morgan fingerprint density at radius 2 is 1.91 bits per heavy atom. The topological polar surface area (TPSA) is 71.1 Å². The Kier molecular flexibility index (Phi) is 6.89. The van der Waals surface area contributed by atoms with Crippen molar-refractivity contribution in [3.63, 3.8) is 0 Å². The molecule has 168 valence electrons. The number of rotatable bonds is 6. The van der Waals surface area contributed by atoms with Crippen molar-refractivity contribution < 1.29 is 9.53 Å². The first-order valence-electron chi connectivity index (χ1n) is 11.4. The van der Waals surface area contributed by atoms with Crippen molar-refractivity contribution >= 4 is 12.0 Å². The normalized spacial score (nSPS) is 14.1.